The van der Waals surface area contributed by atoms with Crippen molar-refractivity contribution in [3.63, 3.8) is 0 Å². The van der Waals surface area contributed by atoms with Crippen molar-refractivity contribution in [1.82, 2.24) is 4.98 Å². The lowest BCUT2D eigenvalue weighted by Gasteiger charge is -2.36. The Balaban J connectivity index is 1.75. The van der Waals surface area contributed by atoms with Crippen LogP contribution in [-0.4, -0.2) is 35.6 Å². The Morgan fingerprint density at radius 1 is 1.13 bits per heavy atom. The number of pyridine rings is 1. The Morgan fingerprint density at radius 3 is 2.70 bits per heavy atom. The summed E-state index contributed by atoms with van der Waals surface area (Å²) in [5.41, 5.74) is 0.838. The topological polar surface area (TPSA) is 65.6 Å². The number of aliphatic hydroxyl groups excluding tert-OH is 1. The van der Waals surface area contributed by atoms with Gasteiger partial charge in [0.1, 0.15) is 5.75 Å². The number of piperidine rings is 1. The van der Waals surface area contributed by atoms with Crippen LogP contribution in [0.1, 0.15) is 19.3 Å². The highest BCUT2D eigenvalue weighted by molar-refractivity contribution is 5.88. The highest BCUT2D eigenvalue weighted by Crippen LogP contribution is 2.34. The minimum Gasteiger partial charge on any atom is -0.405 e. The number of H-pyrrole nitrogens is 1. The summed E-state index contributed by atoms with van der Waals surface area (Å²) in [5.74, 6) is -0.379. The van der Waals surface area contributed by atoms with Crippen molar-refractivity contribution in [2.75, 3.05) is 18.1 Å². The Labute approximate surface area is 170 Å². The van der Waals surface area contributed by atoms with Crippen LogP contribution in [0.4, 0.5) is 18.9 Å². The van der Waals surface area contributed by atoms with E-state index in [1.165, 1.54) is 18.2 Å². The van der Waals surface area contributed by atoms with Crippen LogP contribution in [0.2, 0.25) is 0 Å². The minimum atomic E-state index is -4.83. The van der Waals surface area contributed by atoms with Gasteiger partial charge >= 0.3 is 6.36 Å². The number of rotatable bonds is 4. The first-order chi connectivity index (χ1) is 14.4. The standard InChI is InChI=1S/C22H21F3N2O3/c23-22(24,25)30-20-7-2-1-6-17(20)19-11-14-8-9-15(12-18(14)21(29)26-19)27-10-4-3-5-16(27)13-28/h1-2,6-9,11-12,16,28H,3-5,10,13H2,(H,26,29). The van der Waals surface area contributed by atoms with Crippen molar-refractivity contribution < 1.29 is 23.0 Å². The number of hydrogen-bond donors (Lipinski definition) is 2. The largest absolute Gasteiger partial charge is 0.573 e. The molecule has 158 valence electrons. The molecule has 0 bridgehead atoms. The smallest absolute Gasteiger partial charge is 0.405 e. The zero-order chi connectivity index (χ0) is 21.3. The van der Waals surface area contributed by atoms with Gasteiger partial charge in [-0.2, -0.15) is 0 Å². The zero-order valence-electron chi connectivity index (χ0n) is 16.1. The molecule has 1 fully saturated rings. The first-order valence-electron chi connectivity index (χ1n) is 9.75. The monoisotopic (exact) mass is 418 g/mol. The molecule has 4 rings (SSSR count). The van der Waals surface area contributed by atoms with Gasteiger partial charge in [-0.3, -0.25) is 4.79 Å². The van der Waals surface area contributed by atoms with Crippen molar-refractivity contribution in [3.8, 4) is 17.0 Å². The van der Waals surface area contributed by atoms with Gasteiger partial charge in [0.25, 0.3) is 5.56 Å². The van der Waals surface area contributed by atoms with Crippen LogP contribution < -0.4 is 15.2 Å². The molecule has 1 aliphatic heterocycles. The van der Waals surface area contributed by atoms with Crippen LogP contribution in [0.3, 0.4) is 0 Å². The summed E-state index contributed by atoms with van der Waals surface area (Å²) in [6.45, 7) is 0.845. The van der Waals surface area contributed by atoms with Crippen LogP contribution in [0.15, 0.2) is 53.3 Å². The van der Waals surface area contributed by atoms with E-state index in [0.717, 1.165) is 31.5 Å². The number of halogens is 3. The van der Waals surface area contributed by atoms with Gasteiger partial charge in [-0.1, -0.05) is 18.2 Å². The van der Waals surface area contributed by atoms with Crippen LogP contribution in [0.5, 0.6) is 5.75 Å². The predicted octanol–water partition coefficient (Wildman–Crippen LogP) is 4.44. The average molecular weight is 418 g/mol. The molecule has 1 aliphatic rings. The van der Waals surface area contributed by atoms with E-state index >= 15 is 0 Å². The minimum absolute atomic E-state index is 0.0148. The first-order valence-corrected chi connectivity index (χ1v) is 9.75. The summed E-state index contributed by atoms with van der Waals surface area (Å²) < 4.78 is 42.3. The molecule has 1 saturated heterocycles. The lowest BCUT2D eigenvalue weighted by atomic mass is 10.0. The van der Waals surface area contributed by atoms with Gasteiger partial charge in [-0.25, -0.2) is 0 Å². The normalized spacial score (nSPS) is 17.3. The van der Waals surface area contributed by atoms with E-state index in [9.17, 15) is 23.1 Å². The summed E-state index contributed by atoms with van der Waals surface area (Å²) in [5, 5.41) is 10.7. The zero-order valence-corrected chi connectivity index (χ0v) is 16.1. The number of fused-ring (bicyclic) bond motifs is 1. The van der Waals surface area contributed by atoms with Crippen molar-refractivity contribution in [1.29, 1.82) is 0 Å². The van der Waals surface area contributed by atoms with Gasteiger partial charge in [0, 0.05) is 23.2 Å². The summed E-state index contributed by atoms with van der Waals surface area (Å²) in [6.07, 6.45) is -1.88. The number of ether oxygens (including phenoxy) is 1. The van der Waals surface area contributed by atoms with E-state index < -0.39 is 11.9 Å². The quantitative estimate of drug-likeness (QED) is 0.657. The van der Waals surface area contributed by atoms with Gasteiger partial charge in [0.15, 0.2) is 0 Å². The molecule has 30 heavy (non-hydrogen) atoms. The highest BCUT2D eigenvalue weighted by atomic mass is 19.4. The lowest BCUT2D eigenvalue weighted by Crippen LogP contribution is -2.41. The molecule has 0 spiro atoms. The van der Waals surface area contributed by atoms with Crippen molar-refractivity contribution in [2.45, 2.75) is 31.7 Å². The van der Waals surface area contributed by atoms with E-state index in [0.29, 0.717) is 10.8 Å². The molecule has 0 aliphatic carbocycles. The number of aliphatic hydroxyl groups is 1. The van der Waals surface area contributed by atoms with Crippen LogP contribution >= 0.6 is 0 Å². The van der Waals surface area contributed by atoms with Gasteiger partial charge in [-0.15, -0.1) is 13.2 Å². The molecule has 2 aromatic carbocycles. The Morgan fingerprint density at radius 2 is 1.93 bits per heavy atom. The third-order valence-electron chi connectivity index (χ3n) is 5.40. The van der Waals surface area contributed by atoms with Crippen molar-refractivity contribution >= 4 is 16.5 Å². The summed E-state index contributed by atoms with van der Waals surface area (Å²) in [7, 11) is 0. The number of hydrogen-bond acceptors (Lipinski definition) is 4. The molecule has 0 radical (unpaired) electrons. The summed E-state index contributed by atoms with van der Waals surface area (Å²) >= 11 is 0. The number of aromatic amines is 1. The van der Waals surface area contributed by atoms with E-state index in [1.54, 1.807) is 24.3 Å². The molecule has 1 unspecified atom stereocenters. The second-order valence-electron chi connectivity index (χ2n) is 7.35. The molecule has 8 heteroatoms. The molecular formula is C22H21F3N2O3. The molecule has 5 nitrogen and oxygen atoms in total. The second kappa shape index (κ2) is 8.02. The third kappa shape index (κ3) is 4.14. The van der Waals surface area contributed by atoms with Gasteiger partial charge in [0.05, 0.1) is 18.3 Å². The first kappa shape index (κ1) is 20.3. The summed E-state index contributed by atoms with van der Waals surface area (Å²) in [4.78, 5) is 17.5. The van der Waals surface area contributed by atoms with Crippen LogP contribution in [0.25, 0.3) is 22.0 Å². The van der Waals surface area contributed by atoms with Crippen molar-refractivity contribution in [2.24, 2.45) is 0 Å². The number of nitrogens with one attached hydrogen (secondary N) is 1. The molecule has 2 heterocycles. The molecule has 3 aromatic rings. The molecule has 1 aromatic heterocycles. The number of aromatic nitrogens is 1. The fourth-order valence-corrected chi connectivity index (χ4v) is 4.00. The van der Waals surface area contributed by atoms with Gasteiger partial charge in [0.2, 0.25) is 0 Å². The maximum absolute atomic E-state index is 12.8. The maximum Gasteiger partial charge on any atom is 0.573 e. The number of benzene rings is 2. The number of anilines is 1. The van der Waals surface area contributed by atoms with Gasteiger partial charge < -0.3 is 19.7 Å². The Kier molecular flexibility index (Phi) is 5.42. The fraction of sp³-hybridized carbons (Fsp3) is 0.318. The maximum atomic E-state index is 12.8. The fourth-order valence-electron chi connectivity index (χ4n) is 4.00. The molecular weight excluding hydrogens is 397 g/mol. The van der Waals surface area contributed by atoms with Crippen LogP contribution in [0, 0.1) is 0 Å². The van der Waals surface area contributed by atoms with E-state index in [2.05, 4.69) is 14.6 Å². The molecule has 0 amide bonds. The predicted molar refractivity (Wildman–Crippen MR) is 109 cm³/mol. The third-order valence-corrected chi connectivity index (χ3v) is 5.40. The number of nitrogens with zero attached hydrogens (tertiary/aromatic N) is 1. The molecule has 0 saturated carbocycles. The molecule has 2 N–H and O–H groups in total. The highest BCUT2D eigenvalue weighted by Gasteiger charge is 2.32. The van der Waals surface area contributed by atoms with Gasteiger partial charge in [-0.05, 0) is 55.0 Å². The average Bonchev–Trinajstić information content (AvgIpc) is 2.72. The number of para-hydroxylation sites is 1. The van der Waals surface area contributed by atoms with E-state index in [4.69, 9.17) is 0 Å². The van der Waals surface area contributed by atoms with Crippen molar-refractivity contribution in [3.05, 3.63) is 58.9 Å². The van der Waals surface area contributed by atoms with E-state index in [1.807, 2.05) is 6.07 Å². The SMILES string of the molecule is O=c1[nH]c(-c2ccccc2OC(F)(F)F)cc2ccc(N3CCCCC3CO)cc12. The Bertz CT molecular complexity index is 1110. The van der Waals surface area contributed by atoms with E-state index in [-0.39, 0.29) is 29.7 Å². The lowest BCUT2D eigenvalue weighted by molar-refractivity contribution is -0.274. The second-order valence-corrected chi connectivity index (χ2v) is 7.35. The van der Waals surface area contributed by atoms with Crippen LogP contribution in [-0.2, 0) is 0 Å². The molecule has 1 atom stereocenters. The Hall–Kier alpha value is -3.00. The number of alkyl halides is 3. The summed E-state index contributed by atoms with van der Waals surface area (Å²) in [6, 6.07) is 12.8.